The minimum absolute atomic E-state index is 0.518. The van der Waals surface area contributed by atoms with E-state index < -0.39 is 0 Å². The summed E-state index contributed by atoms with van der Waals surface area (Å²) in [4.78, 5) is 2.74. The number of nitrogens with zero attached hydrogens (tertiary/aromatic N) is 1. The largest absolute Gasteiger partial charge is 0.316 e. The van der Waals surface area contributed by atoms with Gasteiger partial charge in [0, 0.05) is 23.5 Å². The van der Waals surface area contributed by atoms with Crippen molar-refractivity contribution >= 4 is 11.6 Å². The summed E-state index contributed by atoms with van der Waals surface area (Å²) in [5.74, 6) is 0.659. The molecule has 0 aliphatic carbocycles. The van der Waals surface area contributed by atoms with Crippen molar-refractivity contribution in [2.75, 3.05) is 26.2 Å². The highest BCUT2D eigenvalue weighted by Crippen LogP contribution is 2.51. The molecular weight excluding hydrogens is 280 g/mol. The second-order valence-corrected chi connectivity index (χ2v) is 7.64. The van der Waals surface area contributed by atoms with Gasteiger partial charge in [-0.05, 0) is 74.8 Å². The van der Waals surface area contributed by atoms with Crippen LogP contribution in [0.25, 0.3) is 0 Å². The van der Waals surface area contributed by atoms with E-state index in [0.29, 0.717) is 11.3 Å². The van der Waals surface area contributed by atoms with Crippen molar-refractivity contribution in [3.05, 3.63) is 34.9 Å². The lowest BCUT2D eigenvalue weighted by atomic mass is 9.61. The lowest BCUT2D eigenvalue weighted by molar-refractivity contribution is 0.0319. The van der Waals surface area contributed by atoms with Crippen molar-refractivity contribution < 1.29 is 0 Å². The first-order chi connectivity index (χ1) is 10.3. The number of hydrogen-bond donors (Lipinski definition) is 1. The Morgan fingerprint density at radius 3 is 2.86 bits per heavy atom. The van der Waals surface area contributed by atoms with E-state index in [9.17, 15) is 0 Å². The summed E-state index contributed by atoms with van der Waals surface area (Å²) in [6.45, 7) is 4.98. The molecule has 0 radical (unpaired) electrons. The van der Waals surface area contributed by atoms with Crippen molar-refractivity contribution in [2.24, 2.45) is 5.41 Å². The second kappa shape index (κ2) is 5.57. The Bertz CT molecular complexity index is 500. The standard InChI is InChI=1S/C18H25ClN2/c19-15-5-3-14(4-6-15)17-13-20-9-7-18(17)8-11-21-10-1-2-16(21)12-18/h3-6,16-17,20H,1-2,7-13H2. The second-order valence-electron chi connectivity index (χ2n) is 7.21. The summed E-state index contributed by atoms with van der Waals surface area (Å²) >= 11 is 6.08. The van der Waals surface area contributed by atoms with Gasteiger partial charge in [0.2, 0.25) is 0 Å². The van der Waals surface area contributed by atoms with E-state index in [2.05, 4.69) is 34.5 Å². The zero-order chi connectivity index (χ0) is 14.3. The molecule has 1 spiro atoms. The van der Waals surface area contributed by atoms with E-state index in [1.165, 1.54) is 57.3 Å². The highest BCUT2D eigenvalue weighted by atomic mass is 35.5. The molecule has 3 heteroatoms. The molecular formula is C18H25ClN2. The Kier molecular flexibility index (Phi) is 3.72. The first-order valence-electron chi connectivity index (χ1n) is 8.47. The fourth-order valence-electron chi connectivity index (χ4n) is 5.04. The molecule has 2 nitrogen and oxygen atoms in total. The molecule has 1 N–H and O–H groups in total. The summed E-state index contributed by atoms with van der Waals surface area (Å²) in [6.07, 6.45) is 6.94. The molecule has 0 bridgehead atoms. The normalized spacial score (nSPS) is 36.8. The van der Waals surface area contributed by atoms with Gasteiger partial charge in [-0.2, -0.15) is 0 Å². The molecule has 1 aromatic carbocycles. The summed E-state index contributed by atoms with van der Waals surface area (Å²) in [5, 5.41) is 4.48. The maximum absolute atomic E-state index is 6.08. The van der Waals surface area contributed by atoms with Crippen molar-refractivity contribution in [1.29, 1.82) is 0 Å². The average Bonchev–Trinajstić information content (AvgIpc) is 2.96. The molecule has 0 saturated carbocycles. The number of halogens is 1. The highest BCUT2D eigenvalue weighted by molar-refractivity contribution is 6.30. The van der Waals surface area contributed by atoms with E-state index in [4.69, 9.17) is 11.6 Å². The van der Waals surface area contributed by atoms with Crippen molar-refractivity contribution in [3.8, 4) is 0 Å². The molecule has 0 amide bonds. The van der Waals surface area contributed by atoms with Gasteiger partial charge in [0.25, 0.3) is 0 Å². The molecule has 3 atom stereocenters. The van der Waals surface area contributed by atoms with Crippen LogP contribution in [-0.4, -0.2) is 37.1 Å². The minimum Gasteiger partial charge on any atom is -0.316 e. The molecule has 1 aromatic rings. The first-order valence-corrected chi connectivity index (χ1v) is 8.85. The Morgan fingerprint density at radius 1 is 1.14 bits per heavy atom. The lowest BCUT2D eigenvalue weighted by Gasteiger charge is -2.51. The van der Waals surface area contributed by atoms with Crippen LogP contribution in [0.5, 0.6) is 0 Å². The Balaban J connectivity index is 1.63. The summed E-state index contributed by atoms with van der Waals surface area (Å²) < 4.78 is 0. The van der Waals surface area contributed by atoms with Gasteiger partial charge in [0.1, 0.15) is 0 Å². The SMILES string of the molecule is Clc1ccc(C2CNCCC23CCN2CCCC2C3)cc1. The van der Waals surface area contributed by atoms with Gasteiger partial charge >= 0.3 is 0 Å². The van der Waals surface area contributed by atoms with Gasteiger partial charge in [-0.1, -0.05) is 23.7 Å². The highest BCUT2D eigenvalue weighted by Gasteiger charge is 2.47. The number of rotatable bonds is 1. The molecule has 3 aliphatic rings. The van der Waals surface area contributed by atoms with Crippen LogP contribution in [0.4, 0.5) is 0 Å². The zero-order valence-electron chi connectivity index (χ0n) is 12.7. The van der Waals surface area contributed by atoms with Gasteiger partial charge in [0.15, 0.2) is 0 Å². The molecule has 3 heterocycles. The fourth-order valence-corrected chi connectivity index (χ4v) is 5.17. The van der Waals surface area contributed by atoms with Crippen LogP contribution in [0.15, 0.2) is 24.3 Å². The van der Waals surface area contributed by atoms with Gasteiger partial charge < -0.3 is 10.2 Å². The number of fused-ring (bicyclic) bond motifs is 1. The summed E-state index contributed by atoms with van der Waals surface area (Å²) in [5.41, 5.74) is 2.00. The third-order valence-corrected chi connectivity index (χ3v) is 6.45. The van der Waals surface area contributed by atoms with E-state index in [1.807, 2.05) is 0 Å². The molecule has 3 fully saturated rings. The van der Waals surface area contributed by atoms with Crippen molar-refractivity contribution in [2.45, 2.75) is 44.1 Å². The first kappa shape index (κ1) is 14.0. The van der Waals surface area contributed by atoms with E-state index >= 15 is 0 Å². The lowest BCUT2D eigenvalue weighted by Crippen LogP contribution is -2.52. The van der Waals surface area contributed by atoms with Crippen molar-refractivity contribution in [1.82, 2.24) is 10.2 Å². The number of hydrogen-bond acceptors (Lipinski definition) is 2. The monoisotopic (exact) mass is 304 g/mol. The number of nitrogens with one attached hydrogen (secondary N) is 1. The molecule has 3 unspecified atom stereocenters. The molecule has 4 rings (SSSR count). The quantitative estimate of drug-likeness (QED) is 0.852. The predicted molar refractivity (Wildman–Crippen MR) is 87.9 cm³/mol. The zero-order valence-corrected chi connectivity index (χ0v) is 13.4. The smallest absolute Gasteiger partial charge is 0.0406 e. The maximum atomic E-state index is 6.08. The van der Waals surface area contributed by atoms with E-state index in [0.717, 1.165) is 17.6 Å². The van der Waals surface area contributed by atoms with Gasteiger partial charge in [-0.3, -0.25) is 0 Å². The van der Waals surface area contributed by atoms with Gasteiger partial charge in [-0.15, -0.1) is 0 Å². The third kappa shape index (κ3) is 2.52. The predicted octanol–water partition coefficient (Wildman–Crippen LogP) is 3.66. The van der Waals surface area contributed by atoms with Gasteiger partial charge in [-0.25, -0.2) is 0 Å². The van der Waals surface area contributed by atoms with E-state index in [1.54, 1.807) is 0 Å². The van der Waals surface area contributed by atoms with Crippen LogP contribution in [0, 0.1) is 5.41 Å². The summed E-state index contributed by atoms with van der Waals surface area (Å²) in [7, 11) is 0. The Labute approximate surface area is 132 Å². The topological polar surface area (TPSA) is 15.3 Å². The van der Waals surface area contributed by atoms with Crippen LogP contribution in [0.2, 0.25) is 5.02 Å². The third-order valence-electron chi connectivity index (χ3n) is 6.20. The van der Waals surface area contributed by atoms with Crippen LogP contribution < -0.4 is 5.32 Å². The molecule has 3 aliphatic heterocycles. The molecule has 3 saturated heterocycles. The maximum Gasteiger partial charge on any atom is 0.0406 e. The molecule has 0 aromatic heterocycles. The van der Waals surface area contributed by atoms with Gasteiger partial charge in [0.05, 0.1) is 0 Å². The van der Waals surface area contributed by atoms with Crippen LogP contribution in [0.3, 0.4) is 0 Å². The number of benzene rings is 1. The minimum atomic E-state index is 0.518. The Hall–Kier alpha value is -0.570. The van der Waals surface area contributed by atoms with Crippen LogP contribution in [-0.2, 0) is 0 Å². The summed E-state index contributed by atoms with van der Waals surface area (Å²) in [6, 6.07) is 9.48. The van der Waals surface area contributed by atoms with Crippen molar-refractivity contribution in [3.63, 3.8) is 0 Å². The van der Waals surface area contributed by atoms with Crippen LogP contribution in [0.1, 0.15) is 43.6 Å². The number of piperidine rings is 2. The molecule has 21 heavy (non-hydrogen) atoms. The molecule has 114 valence electrons. The fraction of sp³-hybridized carbons (Fsp3) is 0.667. The van der Waals surface area contributed by atoms with Crippen LogP contribution >= 0.6 is 11.6 Å². The van der Waals surface area contributed by atoms with E-state index in [-0.39, 0.29) is 0 Å². The average molecular weight is 305 g/mol. The Morgan fingerprint density at radius 2 is 2.00 bits per heavy atom.